The van der Waals surface area contributed by atoms with Crippen LogP contribution in [0.15, 0.2) is 22.5 Å². The van der Waals surface area contributed by atoms with Crippen molar-refractivity contribution in [1.82, 2.24) is 0 Å². The summed E-state index contributed by atoms with van der Waals surface area (Å²) < 4.78 is 8.25. The van der Waals surface area contributed by atoms with E-state index >= 15 is 0 Å². The van der Waals surface area contributed by atoms with Crippen LogP contribution in [0.3, 0.4) is 0 Å². The monoisotopic (exact) mass is 462 g/mol. The molecule has 4 saturated carbocycles. The molecule has 1 atom stereocenters. The highest BCUT2D eigenvalue weighted by Crippen LogP contribution is 2.66. The highest BCUT2D eigenvalue weighted by molar-refractivity contribution is 7.17. The van der Waals surface area contributed by atoms with Crippen molar-refractivity contribution in [3.8, 4) is 11.5 Å². The molecule has 8 rings (SSSR count). The molecule has 1 N–H and O–H groups in total. The second kappa shape index (κ2) is 6.83. The Morgan fingerprint density at radius 1 is 1.12 bits per heavy atom. The zero-order valence-electron chi connectivity index (χ0n) is 19.0. The molecular weight excluding hydrogens is 432 g/mol. The lowest BCUT2D eigenvalue weighted by Crippen LogP contribution is -2.48. The van der Waals surface area contributed by atoms with E-state index in [4.69, 9.17) is 4.74 Å². The van der Waals surface area contributed by atoms with E-state index < -0.39 is 0 Å². The average Bonchev–Trinajstić information content (AvgIpc) is 3.36. The van der Waals surface area contributed by atoms with Gasteiger partial charge in [-0.2, -0.15) is 0 Å². The molecule has 32 heavy (non-hydrogen) atoms. The standard InChI is InChI=1S/C27H30N2OS2/c1-14-19-4-5-31-21(19)9-20-22(14)15(2)23-24(30-20)25(32-26(23)29-13-28-3)27-10-16-6-17(11-27)8-18(7-16)12-27/h4-5,9,13,15-18H,6-8,10-12H2,1-3H3,(H,28,29). The molecule has 3 heterocycles. The fraction of sp³-hybridized carbons (Fsp3) is 0.519. The number of hydrogen-bond donors (Lipinski definition) is 1. The molecule has 4 bridgehead atoms. The lowest BCUT2D eigenvalue weighted by atomic mass is 9.49. The Bertz CT molecular complexity index is 1230. The molecule has 1 aromatic carbocycles. The summed E-state index contributed by atoms with van der Waals surface area (Å²) in [6.07, 6.45) is 10.3. The van der Waals surface area contributed by atoms with Crippen LogP contribution in [0.2, 0.25) is 0 Å². The van der Waals surface area contributed by atoms with Crippen LogP contribution in [0.4, 0.5) is 5.00 Å². The van der Waals surface area contributed by atoms with E-state index in [1.165, 1.54) is 80.9 Å². The number of aliphatic imine (C=N–C) groups is 1. The lowest BCUT2D eigenvalue weighted by molar-refractivity contribution is -0.00426. The van der Waals surface area contributed by atoms with Crippen LogP contribution < -0.4 is 10.1 Å². The molecule has 1 unspecified atom stereocenters. The van der Waals surface area contributed by atoms with Crippen LogP contribution in [0.1, 0.15) is 72.9 Å². The Kier molecular flexibility index (Phi) is 4.18. The minimum Gasteiger partial charge on any atom is -0.455 e. The van der Waals surface area contributed by atoms with Gasteiger partial charge in [-0.05, 0) is 91.7 Å². The summed E-state index contributed by atoms with van der Waals surface area (Å²) in [6.45, 7) is 4.64. The van der Waals surface area contributed by atoms with Crippen molar-refractivity contribution >= 4 is 44.1 Å². The van der Waals surface area contributed by atoms with Crippen molar-refractivity contribution in [2.24, 2.45) is 22.7 Å². The maximum Gasteiger partial charge on any atom is 0.147 e. The second-order valence-electron chi connectivity index (χ2n) is 10.8. The number of thiophene rings is 2. The Morgan fingerprint density at radius 2 is 1.84 bits per heavy atom. The lowest BCUT2D eigenvalue weighted by Gasteiger charge is -2.56. The predicted octanol–water partition coefficient (Wildman–Crippen LogP) is 8.07. The molecule has 4 fully saturated rings. The molecule has 2 aromatic heterocycles. The molecule has 0 amide bonds. The van der Waals surface area contributed by atoms with Crippen molar-refractivity contribution < 1.29 is 4.74 Å². The normalized spacial score (nSPS) is 32.3. The summed E-state index contributed by atoms with van der Waals surface area (Å²) in [7, 11) is 1.83. The summed E-state index contributed by atoms with van der Waals surface area (Å²) in [5.41, 5.74) is 4.40. The highest BCUT2D eigenvalue weighted by atomic mass is 32.1. The fourth-order valence-electron chi connectivity index (χ4n) is 8.04. The first-order valence-corrected chi connectivity index (χ1v) is 13.8. The third-order valence-electron chi connectivity index (χ3n) is 8.85. The molecule has 166 valence electrons. The molecule has 0 spiro atoms. The molecule has 4 aliphatic carbocycles. The summed E-state index contributed by atoms with van der Waals surface area (Å²) >= 11 is 3.78. The van der Waals surface area contributed by atoms with Crippen LogP contribution in [0, 0.1) is 24.7 Å². The minimum atomic E-state index is 0.310. The minimum absolute atomic E-state index is 0.310. The van der Waals surface area contributed by atoms with Gasteiger partial charge in [-0.25, -0.2) is 0 Å². The number of nitrogens with one attached hydrogen (secondary N) is 1. The maximum atomic E-state index is 6.92. The number of rotatable bonds is 3. The van der Waals surface area contributed by atoms with Crippen LogP contribution in [-0.4, -0.2) is 13.4 Å². The van der Waals surface area contributed by atoms with E-state index in [1.807, 2.05) is 36.1 Å². The van der Waals surface area contributed by atoms with Crippen molar-refractivity contribution in [3.05, 3.63) is 39.1 Å². The number of ether oxygens (including phenoxy) is 1. The Morgan fingerprint density at radius 3 is 2.53 bits per heavy atom. The van der Waals surface area contributed by atoms with E-state index in [2.05, 4.69) is 41.7 Å². The third-order valence-corrected chi connectivity index (χ3v) is 11.1. The number of hydrogen-bond acceptors (Lipinski definition) is 4. The number of benzene rings is 1. The first kappa shape index (κ1) is 19.6. The number of fused-ring (bicyclic) bond motifs is 3. The first-order chi connectivity index (χ1) is 15.6. The summed E-state index contributed by atoms with van der Waals surface area (Å²) in [4.78, 5) is 5.76. The van der Waals surface area contributed by atoms with E-state index in [0.717, 1.165) is 23.5 Å². The zero-order valence-corrected chi connectivity index (χ0v) is 20.7. The van der Waals surface area contributed by atoms with Gasteiger partial charge < -0.3 is 10.1 Å². The molecule has 5 heteroatoms. The van der Waals surface area contributed by atoms with Gasteiger partial charge in [-0.1, -0.05) is 6.92 Å². The van der Waals surface area contributed by atoms with Gasteiger partial charge in [0.1, 0.15) is 16.5 Å². The summed E-state index contributed by atoms with van der Waals surface area (Å²) in [5.74, 6) is 5.35. The SMILES string of the molecule is CN=CNc1sc(C23CC4CC(CC(C4)C2)C3)c2c1C(C)c1c(cc3sccc3c1C)O2. The maximum absolute atomic E-state index is 6.92. The van der Waals surface area contributed by atoms with Gasteiger partial charge in [0.15, 0.2) is 0 Å². The van der Waals surface area contributed by atoms with E-state index in [9.17, 15) is 0 Å². The molecule has 3 nitrogen and oxygen atoms in total. The number of aryl methyl sites for hydroxylation is 1. The van der Waals surface area contributed by atoms with Gasteiger partial charge in [-0.3, -0.25) is 4.99 Å². The van der Waals surface area contributed by atoms with Gasteiger partial charge in [0.25, 0.3) is 0 Å². The summed E-state index contributed by atoms with van der Waals surface area (Å²) in [6, 6.07) is 4.55. The van der Waals surface area contributed by atoms with Crippen LogP contribution >= 0.6 is 22.7 Å². The van der Waals surface area contributed by atoms with Crippen molar-refractivity contribution in [2.75, 3.05) is 12.4 Å². The Labute approximate surface area is 197 Å². The van der Waals surface area contributed by atoms with Gasteiger partial charge >= 0.3 is 0 Å². The van der Waals surface area contributed by atoms with E-state index in [0.29, 0.717) is 11.3 Å². The molecular formula is C27H30N2OS2. The Hall–Kier alpha value is -1.85. The van der Waals surface area contributed by atoms with Crippen LogP contribution in [0.25, 0.3) is 10.1 Å². The average molecular weight is 463 g/mol. The zero-order chi connectivity index (χ0) is 21.6. The third kappa shape index (κ3) is 2.61. The molecule has 3 aromatic rings. The predicted molar refractivity (Wildman–Crippen MR) is 136 cm³/mol. The first-order valence-electron chi connectivity index (χ1n) is 12.1. The van der Waals surface area contributed by atoms with Gasteiger partial charge in [0, 0.05) is 34.2 Å². The van der Waals surface area contributed by atoms with Gasteiger partial charge in [0.2, 0.25) is 0 Å². The largest absolute Gasteiger partial charge is 0.455 e. The topological polar surface area (TPSA) is 33.6 Å². The van der Waals surface area contributed by atoms with Crippen LogP contribution in [0.5, 0.6) is 11.5 Å². The highest BCUT2D eigenvalue weighted by Gasteiger charge is 2.54. The van der Waals surface area contributed by atoms with Gasteiger partial charge in [0.05, 0.1) is 11.2 Å². The number of nitrogens with zero attached hydrogens (tertiary/aromatic N) is 1. The van der Waals surface area contributed by atoms with Gasteiger partial charge in [-0.15, -0.1) is 22.7 Å². The molecule has 0 radical (unpaired) electrons. The quantitative estimate of drug-likeness (QED) is 0.315. The van der Waals surface area contributed by atoms with Crippen LogP contribution in [-0.2, 0) is 5.41 Å². The van der Waals surface area contributed by atoms with E-state index in [1.54, 1.807) is 0 Å². The Balaban J connectivity index is 1.42. The smallest absolute Gasteiger partial charge is 0.147 e. The van der Waals surface area contributed by atoms with Crippen molar-refractivity contribution in [1.29, 1.82) is 0 Å². The van der Waals surface area contributed by atoms with E-state index in [-0.39, 0.29) is 0 Å². The molecule has 1 aliphatic heterocycles. The van der Waals surface area contributed by atoms with Crippen molar-refractivity contribution in [3.63, 3.8) is 0 Å². The summed E-state index contributed by atoms with van der Waals surface area (Å²) in [5, 5.41) is 8.34. The number of anilines is 1. The second-order valence-corrected chi connectivity index (χ2v) is 12.8. The fourth-order valence-corrected chi connectivity index (χ4v) is 10.3. The molecule has 0 saturated heterocycles. The van der Waals surface area contributed by atoms with Crippen molar-refractivity contribution in [2.45, 2.75) is 63.7 Å². The molecule has 5 aliphatic rings.